The lowest BCUT2D eigenvalue weighted by atomic mass is 9.99. The summed E-state index contributed by atoms with van der Waals surface area (Å²) in [6.45, 7) is 0.903. The Kier molecular flexibility index (Phi) is 4.99. The fourth-order valence-corrected chi connectivity index (χ4v) is 3.46. The van der Waals surface area contributed by atoms with Gasteiger partial charge < -0.3 is 19.0 Å². The van der Waals surface area contributed by atoms with E-state index in [4.69, 9.17) is 4.42 Å². The minimum atomic E-state index is -0.849. The number of hydrogen-bond donors (Lipinski definition) is 1. The maximum Gasteiger partial charge on any atom is 0.295 e. The molecule has 1 aliphatic heterocycles. The predicted molar refractivity (Wildman–Crippen MR) is 101 cm³/mol. The van der Waals surface area contributed by atoms with Crippen molar-refractivity contribution < 1.29 is 23.5 Å². The van der Waals surface area contributed by atoms with Crippen LogP contribution in [0, 0.1) is 5.82 Å². The first-order valence-corrected chi connectivity index (χ1v) is 9.10. The van der Waals surface area contributed by atoms with Crippen molar-refractivity contribution in [2.45, 2.75) is 19.0 Å². The third kappa shape index (κ3) is 3.56. The number of aryl methyl sites for hydroxylation is 1. The Morgan fingerprint density at radius 3 is 2.62 bits per heavy atom. The highest BCUT2D eigenvalue weighted by Gasteiger charge is 2.47. The molecule has 1 amide bonds. The molecule has 0 radical (unpaired) electrons. The number of rotatable bonds is 6. The molecular formula is C21H18FN3O4. The number of ketones is 1. The summed E-state index contributed by atoms with van der Waals surface area (Å²) in [5.74, 6) is -1.96. The first-order chi connectivity index (χ1) is 14.1. The van der Waals surface area contributed by atoms with Crippen LogP contribution in [-0.2, 0) is 16.1 Å². The quantitative estimate of drug-likeness (QED) is 0.394. The third-order valence-electron chi connectivity index (χ3n) is 4.84. The molecule has 4 rings (SSSR count). The maximum atomic E-state index is 13.2. The monoisotopic (exact) mass is 395 g/mol. The second-order valence-corrected chi connectivity index (χ2v) is 6.67. The molecule has 8 heteroatoms. The molecule has 1 atom stereocenters. The van der Waals surface area contributed by atoms with Crippen molar-refractivity contribution >= 4 is 17.4 Å². The van der Waals surface area contributed by atoms with Gasteiger partial charge in [0.2, 0.25) is 0 Å². The van der Waals surface area contributed by atoms with Crippen molar-refractivity contribution in [3.63, 3.8) is 0 Å². The molecule has 1 saturated heterocycles. The number of aromatic nitrogens is 2. The molecule has 3 heterocycles. The first-order valence-electron chi connectivity index (χ1n) is 9.10. The van der Waals surface area contributed by atoms with E-state index in [1.807, 2.05) is 10.8 Å². The molecule has 0 saturated carbocycles. The van der Waals surface area contributed by atoms with Crippen molar-refractivity contribution in [3.8, 4) is 0 Å². The van der Waals surface area contributed by atoms with Gasteiger partial charge in [-0.1, -0.05) is 0 Å². The number of aliphatic hydroxyl groups is 1. The van der Waals surface area contributed by atoms with Crippen molar-refractivity contribution in [3.05, 3.63) is 84.1 Å². The molecule has 3 aromatic rings. The average molecular weight is 395 g/mol. The molecule has 1 fully saturated rings. The Morgan fingerprint density at radius 1 is 1.17 bits per heavy atom. The summed E-state index contributed by atoms with van der Waals surface area (Å²) in [6.07, 6.45) is 7.17. The molecule has 0 unspecified atom stereocenters. The van der Waals surface area contributed by atoms with E-state index in [0.29, 0.717) is 18.7 Å². The number of carbonyl (C=O) groups excluding carboxylic acids is 2. The maximum absolute atomic E-state index is 13.2. The average Bonchev–Trinajstić information content (AvgIpc) is 3.46. The summed E-state index contributed by atoms with van der Waals surface area (Å²) >= 11 is 0. The van der Waals surface area contributed by atoms with Gasteiger partial charge in [0.25, 0.3) is 11.7 Å². The number of aliphatic hydroxyl groups excluding tert-OH is 1. The number of amides is 1. The summed E-state index contributed by atoms with van der Waals surface area (Å²) in [5.41, 5.74) is 0.179. The summed E-state index contributed by atoms with van der Waals surface area (Å²) in [5, 5.41) is 10.8. The van der Waals surface area contributed by atoms with E-state index in [9.17, 15) is 19.1 Å². The van der Waals surface area contributed by atoms with Gasteiger partial charge >= 0.3 is 0 Å². The minimum absolute atomic E-state index is 0.0702. The SMILES string of the molecule is O=C1C(=O)N(CCCn2ccnc2)[C@H](c2ccco2)/C1=C(\O)c1ccc(F)cc1. The lowest BCUT2D eigenvalue weighted by Gasteiger charge is -2.23. The number of hydrogen-bond acceptors (Lipinski definition) is 5. The fourth-order valence-electron chi connectivity index (χ4n) is 3.46. The van der Waals surface area contributed by atoms with E-state index in [-0.39, 0.29) is 23.4 Å². The molecule has 7 nitrogen and oxygen atoms in total. The summed E-state index contributed by atoms with van der Waals surface area (Å²) in [4.78, 5) is 30.8. The van der Waals surface area contributed by atoms with Crippen LogP contribution in [0.1, 0.15) is 23.8 Å². The van der Waals surface area contributed by atoms with Gasteiger partial charge in [-0.3, -0.25) is 9.59 Å². The number of furan rings is 1. The van der Waals surface area contributed by atoms with Gasteiger partial charge in [0, 0.05) is 31.0 Å². The van der Waals surface area contributed by atoms with Crippen LogP contribution >= 0.6 is 0 Å². The van der Waals surface area contributed by atoms with Crippen molar-refractivity contribution in [2.24, 2.45) is 0 Å². The second kappa shape index (κ2) is 7.75. The fraction of sp³-hybridized carbons (Fsp3) is 0.190. The molecule has 148 valence electrons. The highest BCUT2D eigenvalue weighted by Crippen LogP contribution is 2.39. The molecular weight excluding hydrogens is 377 g/mol. The molecule has 29 heavy (non-hydrogen) atoms. The minimum Gasteiger partial charge on any atom is -0.507 e. The van der Waals surface area contributed by atoms with Crippen LogP contribution in [0.3, 0.4) is 0 Å². The van der Waals surface area contributed by atoms with Crippen LogP contribution in [0.5, 0.6) is 0 Å². The van der Waals surface area contributed by atoms with Crippen LogP contribution in [0.4, 0.5) is 4.39 Å². The normalized spacial score (nSPS) is 18.5. The smallest absolute Gasteiger partial charge is 0.295 e. The zero-order valence-corrected chi connectivity index (χ0v) is 15.4. The van der Waals surface area contributed by atoms with Gasteiger partial charge in [-0.2, -0.15) is 0 Å². The Bertz CT molecular complexity index is 1040. The highest BCUT2D eigenvalue weighted by atomic mass is 19.1. The van der Waals surface area contributed by atoms with Crippen molar-refractivity contribution in [1.29, 1.82) is 0 Å². The van der Waals surface area contributed by atoms with E-state index in [0.717, 1.165) is 0 Å². The number of carbonyl (C=O) groups is 2. The zero-order chi connectivity index (χ0) is 20.4. The van der Waals surface area contributed by atoms with E-state index in [1.165, 1.54) is 35.4 Å². The first kappa shape index (κ1) is 18.7. The Balaban J connectivity index is 1.68. The van der Waals surface area contributed by atoms with E-state index in [1.54, 1.807) is 24.7 Å². The molecule has 2 aromatic heterocycles. The van der Waals surface area contributed by atoms with Crippen molar-refractivity contribution in [1.82, 2.24) is 14.5 Å². The van der Waals surface area contributed by atoms with E-state index in [2.05, 4.69) is 4.98 Å². The lowest BCUT2D eigenvalue weighted by Crippen LogP contribution is -2.31. The molecule has 1 N–H and O–H groups in total. The van der Waals surface area contributed by atoms with Gasteiger partial charge in [0.15, 0.2) is 0 Å². The summed E-state index contributed by atoms with van der Waals surface area (Å²) in [6, 6.07) is 7.52. The van der Waals surface area contributed by atoms with Gasteiger partial charge in [0.05, 0.1) is 18.2 Å². The number of imidazole rings is 1. The number of halogens is 1. The topological polar surface area (TPSA) is 88.6 Å². The number of benzene rings is 1. The largest absolute Gasteiger partial charge is 0.507 e. The molecule has 0 aliphatic carbocycles. The number of likely N-dealkylation sites (tertiary alicyclic amines) is 1. The Labute approximate surface area is 165 Å². The zero-order valence-electron chi connectivity index (χ0n) is 15.4. The van der Waals surface area contributed by atoms with E-state index < -0.39 is 23.5 Å². The Hall–Kier alpha value is -3.68. The van der Waals surface area contributed by atoms with Gasteiger partial charge in [-0.25, -0.2) is 9.37 Å². The molecule has 0 bridgehead atoms. The van der Waals surface area contributed by atoms with Gasteiger partial charge in [-0.05, 0) is 42.8 Å². The molecule has 1 aromatic carbocycles. The standard InChI is InChI=1S/C21H18FN3O4/c22-15-6-4-14(5-7-15)19(26)17-18(16-3-1-12-29-16)25(21(28)20(17)27)10-2-9-24-11-8-23-13-24/h1,3-8,11-13,18,26H,2,9-10H2/b19-17+/t18-/m1/s1. The van der Waals surface area contributed by atoms with Crippen LogP contribution in [0.15, 0.2) is 71.4 Å². The van der Waals surface area contributed by atoms with Crippen LogP contribution in [-0.4, -0.2) is 37.8 Å². The van der Waals surface area contributed by atoms with Crippen LogP contribution in [0.2, 0.25) is 0 Å². The summed E-state index contributed by atoms with van der Waals surface area (Å²) in [7, 11) is 0. The highest BCUT2D eigenvalue weighted by molar-refractivity contribution is 6.46. The van der Waals surface area contributed by atoms with Gasteiger partial charge in [0.1, 0.15) is 23.4 Å². The lowest BCUT2D eigenvalue weighted by molar-refractivity contribution is -0.140. The van der Waals surface area contributed by atoms with E-state index >= 15 is 0 Å². The number of nitrogens with zero attached hydrogens (tertiary/aromatic N) is 3. The molecule has 1 aliphatic rings. The predicted octanol–water partition coefficient (Wildman–Crippen LogP) is 3.13. The van der Waals surface area contributed by atoms with Crippen LogP contribution < -0.4 is 0 Å². The third-order valence-corrected chi connectivity index (χ3v) is 4.84. The summed E-state index contributed by atoms with van der Waals surface area (Å²) < 4.78 is 20.6. The number of Topliss-reactive ketones (excluding diaryl/α,β-unsaturated/α-hetero) is 1. The second-order valence-electron chi connectivity index (χ2n) is 6.67. The van der Waals surface area contributed by atoms with Crippen LogP contribution in [0.25, 0.3) is 5.76 Å². The van der Waals surface area contributed by atoms with Crippen molar-refractivity contribution in [2.75, 3.05) is 6.54 Å². The Morgan fingerprint density at radius 2 is 1.97 bits per heavy atom. The molecule has 0 spiro atoms. The van der Waals surface area contributed by atoms with Gasteiger partial charge in [-0.15, -0.1) is 0 Å².